The molecule has 0 saturated carbocycles. The Labute approximate surface area is 254 Å². The molecule has 0 bridgehead atoms. The maximum atomic E-state index is 14.4. The van der Waals surface area contributed by atoms with Gasteiger partial charge in [-0.2, -0.15) is 0 Å². The molecule has 3 N–H and O–H groups in total. The Morgan fingerprint density at radius 3 is 2.20 bits per heavy atom. The first-order valence-corrected chi connectivity index (χ1v) is 15.6. The van der Waals surface area contributed by atoms with Gasteiger partial charge in [-0.3, -0.25) is 14.5 Å². The number of amides is 2. The van der Waals surface area contributed by atoms with Gasteiger partial charge in [0.2, 0.25) is 11.8 Å². The monoisotopic (exact) mass is 599 g/mol. The van der Waals surface area contributed by atoms with Gasteiger partial charge in [-0.05, 0) is 60.1 Å². The van der Waals surface area contributed by atoms with Crippen molar-refractivity contribution in [1.82, 2.24) is 20.0 Å². The molecule has 9 heteroatoms. The van der Waals surface area contributed by atoms with Crippen molar-refractivity contribution in [2.45, 2.75) is 63.6 Å². The van der Waals surface area contributed by atoms with Crippen molar-refractivity contribution in [3.8, 4) is 0 Å². The molecule has 0 aromatic heterocycles. The van der Waals surface area contributed by atoms with Crippen LogP contribution in [0.15, 0.2) is 48.5 Å². The van der Waals surface area contributed by atoms with Crippen molar-refractivity contribution >= 4 is 35.0 Å². The lowest BCUT2D eigenvalue weighted by atomic mass is 9.68. The number of likely N-dealkylation sites (tertiary alicyclic amines) is 1. The molecule has 2 aromatic carbocycles. The Bertz CT molecular complexity index is 1240. The van der Waals surface area contributed by atoms with Gasteiger partial charge in [0.25, 0.3) is 0 Å². The SMILES string of the molecule is CC(C)(C)C[C@@H]1N[C@@H](C(=O)N2CCN(CC(=O)N3CCCC3)CC2)C(c2cccc(Cl)c2)[C@@]1(N)c1ccc(Cl)cc1. The van der Waals surface area contributed by atoms with Crippen molar-refractivity contribution in [3.05, 3.63) is 69.7 Å². The topological polar surface area (TPSA) is 81.9 Å². The van der Waals surface area contributed by atoms with Gasteiger partial charge < -0.3 is 20.9 Å². The van der Waals surface area contributed by atoms with Crippen molar-refractivity contribution < 1.29 is 9.59 Å². The Balaban J connectivity index is 1.42. The molecule has 4 atom stereocenters. The molecule has 5 rings (SSSR count). The molecular weight excluding hydrogens is 557 g/mol. The number of benzene rings is 2. The summed E-state index contributed by atoms with van der Waals surface area (Å²) < 4.78 is 0. The lowest BCUT2D eigenvalue weighted by molar-refractivity contribution is -0.136. The Morgan fingerprint density at radius 1 is 0.927 bits per heavy atom. The maximum Gasteiger partial charge on any atom is 0.240 e. The highest BCUT2D eigenvalue weighted by Crippen LogP contribution is 2.48. The van der Waals surface area contributed by atoms with Crippen LogP contribution in [-0.4, -0.2) is 84.4 Å². The van der Waals surface area contributed by atoms with Gasteiger partial charge in [-0.15, -0.1) is 0 Å². The van der Waals surface area contributed by atoms with Gasteiger partial charge in [-0.1, -0.05) is 68.2 Å². The van der Waals surface area contributed by atoms with Gasteiger partial charge in [0.1, 0.15) is 0 Å². The molecule has 3 aliphatic rings. The number of hydrogen-bond acceptors (Lipinski definition) is 5. The van der Waals surface area contributed by atoms with Gasteiger partial charge in [0, 0.05) is 61.3 Å². The zero-order chi connectivity index (χ0) is 29.4. The van der Waals surface area contributed by atoms with Gasteiger partial charge in [0.05, 0.1) is 18.1 Å². The maximum absolute atomic E-state index is 14.4. The summed E-state index contributed by atoms with van der Waals surface area (Å²) >= 11 is 12.8. The number of rotatable bonds is 6. The number of nitrogens with two attached hydrogens (primary N) is 1. The van der Waals surface area contributed by atoms with Crippen LogP contribution in [-0.2, 0) is 15.1 Å². The molecule has 3 heterocycles. The fourth-order valence-corrected chi connectivity index (χ4v) is 7.19. The van der Waals surface area contributed by atoms with E-state index in [1.54, 1.807) is 0 Å². The van der Waals surface area contributed by atoms with Crippen LogP contribution in [0.1, 0.15) is 57.1 Å². The van der Waals surface area contributed by atoms with E-state index in [1.165, 1.54) is 0 Å². The third-order valence-corrected chi connectivity index (χ3v) is 9.43. The summed E-state index contributed by atoms with van der Waals surface area (Å²) in [7, 11) is 0. The van der Waals surface area contributed by atoms with Crippen molar-refractivity contribution in [3.63, 3.8) is 0 Å². The predicted molar refractivity (Wildman–Crippen MR) is 165 cm³/mol. The van der Waals surface area contributed by atoms with E-state index >= 15 is 0 Å². The van der Waals surface area contributed by atoms with Crippen molar-refractivity contribution in [2.75, 3.05) is 45.8 Å². The average Bonchev–Trinajstić information content (AvgIpc) is 3.56. The second kappa shape index (κ2) is 12.2. The molecular formula is C32H43Cl2N5O2. The number of carbonyl (C=O) groups is 2. The summed E-state index contributed by atoms with van der Waals surface area (Å²) in [6, 6.07) is 14.7. The van der Waals surface area contributed by atoms with E-state index in [9.17, 15) is 9.59 Å². The van der Waals surface area contributed by atoms with Crippen LogP contribution in [0, 0.1) is 5.41 Å². The number of hydrogen-bond donors (Lipinski definition) is 2. The van der Waals surface area contributed by atoms with Gasteiger partial charge >= 0.3 is 0 Å². The summed E-state index contributed by atoms with van der Waals surface area (Å²) in [5, 5.41) is 4.99. The third-order valence-electron chi connectivity index (χ3n) is 8.94. The summed E-state index contributed by atoms with van der Waals surface area (Å²) in [4.78, 5) is 33.1. The van der Waals surface area contributed by atoms with E-state index in [4.69, 9.17) is 28.9 Å². The zero-order valence-electron chi connectivity index (χ0n) is 24.4. The summed E-state index contributed by atoms with van der Waals surface area (Å²) in [5.41, 5.74) is 8.50. The number of carbonyl (C=O) groups excluding carboxylic acids is 2. The van der Waals surface area contributed by atoms with E-state index in [0.717, 1.165) is 43.5 Å². The summed E-state index contributed by atoms with van der Waals surface area (Å²) in [5.74, 6) is -0.112. The molecule has 7 nitrogen and oxygen atoms in total. The minimum absolute atomic E-state index is 0.0287. The Morgan fingerprint density at radius 2 is 1.59 bits per heavy atom. The standard InChI is InChI=1S/C32H43Cl2N5O2/c1-31(2,3)20-26-32(35,23-9-11-24(33)12-10-23)28(22-7-6-8-25(34)19-22)29(36-26)30(41)39-17-15-37(16-18-39)21-27(40)38-13-4-5-14-38/h6-12,19,26,28-29,36H,4-5,13-18,20-21,35H2,1-3H3/t26-,28?,29+,32+/m0/s1. The largest absolute Gasteiger partial charge is 0.342 e. The fourth-order valence-electron chi connectivity index (χ4n) is 6.87. The molecule has 1 unspecified atom stereocenters. The minimum Gasteiger partial charge on any atom is -0.342 e. The van der Waals surface area contributed by atoms with Crippen LogP contribution in [0.2, 0.25) is 10.0 Å². The zero-order valence-corrected chi connectivity index (χ0v) is 25.9. The van der Waals surface area contributed by atoms with E-state index in [2.05, 4.69) is 31.0 Å². The molecule has 2 amide bonds. The van der Waals surface area contributed by atoms with Crippen molar-refractivity contribution in [2.24, 2.45) is 11.1 Å². The second-order valence-electron chi connectivity index (χ2n) is 13.1. The molecule has 0 radical (unpaired) electrons. The van der Waals surface area contributed by atoms with Gasteiger partial charge in [-0.25, -0.2) is 0 Å². The quantitative estimate of drug-likeness (QED) is 0.512. The Hall–Kier alpha value is -2.16. The molecule has 3 aliphatic heterocycles. The van der Waals surface area contributed by atoms with Gasteiger partial charge in [0.15, 0.2) is 0 Å². The highest BCUT2D eigenvalue weighted by atomic mass is 35.5. The van der Waals surface area contributed by atoms with E-state index in [0.29, 0.717) is 42.8 Å². The van der Waals surface area contributed by atoms with Crippen molar-refractivity contribution in [1.29, 1.82) is 0 Å². The average molecular weight is 601 g/mol. The Kier molecular flexibility index (Phi) is 9.03. The fraction of sp³-hybridized carbons (Fsp3) is 0.562. The first-order chi connectivity index (χ1) is 19.5. The van der Waals surface area contributed by atoms with Crippen LogP contribution in [0.4, 0.5) is 0 Å². The van der Waals surface area contributed by atoms with Crippen LogP contribution < -0.4 is 11.1 Å². The number of nitrogens with one attached hydrogen (secondary N) is 1. The van der Waals surface area contributed by atoms with E-state index < -0.39 is 11.6 Å². The third kappa shape index (κ3) is 6.60. The normalized spacial score (nSPS) is 27.4. The first-order valence-electron chi connectivity index (χ1n) is 14.8. The molecule has 3 saturated heterocycles. The molecule has 2 aromatic rings. The lowest BCUT2D eigenvalue weighted by Crippen LogP contribution is -2.55. The number of nitrogens with zero attached hydrogens (tertiary/aromatic N) is 3. The summed E-state index contributed by atoms with van der Waals surface area (Å²) in [6.45, 7) is 11.2. The van der Waals surface area contributed by atoms with E-state index in [-0.39, 0.29) is 29.2 Å². The molecule has 0 aliphatic carbocycles. The molecule has 0 spiro atoms. The van der Waals surface area contributed by atoms with Crippen LogP contribution in [0.5, 0.6) is 0 Å². The number of halogens is 2. The second-order valence-corrected chi connectivity index (χ2v) is 14.0. The molecule has 41 heavy (non-hydrogen) atoms. The lowest BCUT2D eigenvalue weighted by Gasteiger charge is -2.40. The highest BCUT2D eigenvalue weighted by molar-refractivity contribution is 6.30. The first kappa shape index (κ1) is 30.3. The highest BCUT2D eigenvalue weighted by Gasteiger charge is 2.57. The van der Waals surface area contributed by atoms with E-state index in [1.807, 2.05) is 58.3 Å². The minimum atomic E-state index is -0.882. The molecule has 222 valence electrons. The smallest absolute Gasteiger partial charge is 0.240 e. The van der Waals surface area contributed by atoms with Crippen LogP contribution >= 0.6 is 23.2 Å². The van der Waals surface area contributed by atoms with Crippen LogP contribution in [0.3, 0.4) is 0 Å². The van der Waals surface area contributed by atoms with Crippen LogP contribution in [0.25, 0.3) is 0 Å². The molecule has 3 fully saturated rings. The summed E-state index contributed by atoms with van der Waals surface area (Å²) in [6.07, 6.45) is 2.95. The predicted octanol–water partition coefficient (Wildman–Crippen LogP) is 4.47. The number of piperazine rings is 1.